The molecular weight excluding hydrogens is 304 g/mol. The summed E-state index contributed by atoms with van der Waals surface area (Å²) >= 11 is 0. The van der Waals surface area contributed by atoms with Gasteiger partial charge in [0.15, 0.2) is 0 Å². The summed E-state index contributed by atoms with van der Waals surface area (Å²) in [5.74, 6) is -0.437. The highest BCUT2D eigenvalue weighted by Gasteiger charge is 2.16. The van der Waals surface area contributed by atoms with Crippen LogP contribution in [-0.2, 0) is 15.9 Å². The number of carbonyl (C=O) groups is 1. The molecule has 0 bridgehead atoms. The smallest absolute Gasteiger partial charge is 0.340 e. The third-order valence-electron chi connectivity index (χ3n) is 3.97. The minimum atomic E-state index is -0.437. The molecule has 0 N–H and O–H groups in total. The van der Waals surface area contributed by atoms with Crippen molar-refractivity contribution in [3.05, 3.63) is 47.2 Å². The zero-order chi connectivity index (χ0) is 16.9. The number of fused-ring (bicyclic) bond motifs is 1. The third kappa shape index (κ3) is 3.29. The van der Waals surface area contributed by atoms with Gasteiger partial charge in [0.1, 0.15) is 0 Å². The van der Waals surface area contributed by atoms with Crippen LogP contribution < -0.4 is 0 Å². The van der Waals surface area contributed by atoms with Crippen LogP contribution in [0.5, 0.6) is 0 Å². The van der Waals surface area contributed by atoms with Gasteiger partial charge in [-0.25, -0.2) is 4.79 Å². The van der Waals surface area contributed by atoms with Gasteiger partial charge in [0.25, 0.3) is 0 Å². The maximum atomic E-state index is 12.1. The Morgan fingerprint density at radius 3 is 3.00 bits per heavy atom. The van der Waals surface area contributed by atoms with Gasteiger partial charge in [0.2, 0.25) is 0 Å². The number of hydrogen-bond acceptors (Lipinski definition) is 5. The minimum Gasteiger partial charge on any atom is -0.462 e. The summed E-state index contributed by atoms with van der Waals surface area (Å²) < 4.78 is 10.4. The van der Waals surface area contributed by atoms with Crippen molar-refractivity contribution in [3.8, 4) is 6.07 Å². The lowest BCUT2D eigenvalue weighted by Crippen LogP contribution is -2.10. The maximum Gasteiger partial charge on any atom is 0.340 e. The Balaban J connectivity index is 2.07. The monoisotopic (exact) mass is 322 g/mol. The second-order valence-electron chi connectivity index (χ2n) is 5.50. The van der Waals surface area contributed by atoms with Crippen molar-refractivity contribution in [2.75, 3.05) is 19.8 Å². The summed E-state index contributed by atoms with van der Waals surface area (Å²) in [6.07, 6.45) is 3.02. The molecule has 122 valence electrons. The van der Waals surface area contributed by atoms with Gasteiger partial charge in [-0.1, -0.05) is 18.2 Å². The summed E-state index contributed by atoms with van der Waals surface area (Å²) in [6.45, 7) is 3.39. The minimum absolute atomic E-state index is 0.0743. The molecule has 1 aromatic carbocycles. The average Bonchev–Trinajstić information content (AvgIpc) is 2.62. The molecule has 3 rings (SSSR count). The van der Waals surface area contributed by atoms with Crippen molar-refractivity contribution >= 4 is 22.4 Å². The lowest BCUT2D eigenvalue weighted by atomic mass is 9.99. The summed E-state index contributed by atoms with van der Waals surface area (Å²) in [7, 11) is 0. The first-order chi connectivity index (χ1) is 11.7. The maximum absolute atomic E-state index is 12.1. The Morgan fingerprint density at radius 2 is 2.29 bits per heavy atom. The number of esters is 1. The van der Waals surface area contributed by atoms with Gasteiger partial charge >= 0.3 is 5.97 Å². The van der Waals surface area contributed by atoms with Crippen molar-refractivity contribution in [2.24, 2.45) is 0 Å². The van der Waals surface area contributed by atoms with Crippen LogP contribution in [0.3, 0.4) is 0 Å². The molecule has 0 saturated heterocycles. The molecule has 24 heavy (non-hydrogen) atoms. The van der Waals surface area contributed by atoms with E-state index in [0.29, 0.717) is 17.9 Å². The van der Waals surface area contributed by atoms with E-state index < -0.39 is 5.97 Å². The molecule has 2 heterocycles. The normalized spacial score (nSPS) is 14.1. The van der Waals surface area contributed by atoms with E-state index in [9.17, 15) is 4.79 Å². The van der Waals surface area contributed by atoms with Crippen LogP contribution in [0.4, 0.5) is 0 Å². The summed E-state index contributed by atoms with van der Waals surface area (Å²) in [4.78, 5) is 16.6. The van der Waals surface area contributed by atoms with E-state index in [1.165, 1.54) is 5.57 Å². The number of benzene rings is 1. The molecule has 0 aliphatic carbocycles. The number of aromatic nitrogens is 1. The summed E-state index contributed by atoms with van der Waals surface area (Å²) in [5, 5.41) is 9.88. The fourth-order valence-electron chi connectivity index (χ4n) is 2.79. The topological polar surface area (TPSA) is 72.2 Å². The zero-order valence-corrected chi connectivity index (χ0v) is 13.5. The fourth-order valence-corrected chi connectivity index (χ4v) is 2.79. The number of pyridine rings is 1. The zero-order valence-electron chi connectivity index (χ0n) is 13.5. The molecule has 0 saturated carbocycles. The van der Waals surface area contributed by atoms with Crippen LogP contribution in [0.2, 0.25) is 0 Å². The lowest BCUT2D eigenvalue weighted by molar-refractivity contribution is 0.0525. The molecule has 0 spiro atoms. The standard InChI is InChI=1S/C19H18N2O3/c1-2-24-19(22)16-11-15-4-3-14(13-6-9-23-10-7-13)12-18(15)21-17(16)5-8-20/h3-4,6,11-12H,2,5,7,9-10H2,1H3. The van der Waals surface area contributed by atoms with E-state index in [-0.39, 0.29) is 13.0 Å². The van der Waals surface area contributed by atoms with Gasteiger partial charge in [-0.15, -0.1) is 0 Å². The van der Waals surface area contributed by atoms with Gasteiger partial charge in [-0.2, -0.15) is 5.26 Å². The van der Waals surface area contributed by atoms with E-state index in [2.05, 4.69) is 17.1 Å². The molecule has 0 radical (unpaired) electrons. The van der Waals surface area contributed by atoms with Gasteiger partial charge in [0.05, 0.1) is 49.1 Å². The van der Waals surface area contributed by atoms with Crippen LogP contribution in [0.1, 0.15) is 35.0 Å². The number of hydrogen-bond donors (Lipinski definition) is 0. The first kappa shape index (κ1) is 16.2. The molecule has 0 unspecified atom stereocenters. The van der Waals surface area contributed by atoms with Gasteiger partial charge < -0.3 is 9.47 Å². The molecule has 1 aromatic heterocycles. The van der Waals surface area contributed by atoms with Crippen molar-refractivity contribution < 1.29 is 14.3 Å². The Kier molecular flexibility index (Phi) is 4.88. The van der Waals surface area contributed by atoms with E-state index in [1.807, 2.05) is 18.2 Å². The van der Waals surface area contributed by atoms with Crippen molar-refractivity contribution in [1.82, 2.24) is 4.98 Å². The molecule has 1 aliphatic rings. The number of rotatable bonds is 4. The largest absolute Gasteiger partial charge is 0.462 e. The fraction of sp³-hybridized carbons (Fsp3) is 0.316. The van der Waals surface area contributed by atoms with E-state index in [4.69, 9.17) is 14.7 Å². The Hall–Kier alpha value is -2.71. The Morgan fingerprint density at radius 1 is 1.42 bits per heavy atom. The third-order valence-corrected chi connectivity index (χ3v) is 3.97. The Bertz CT molecular complexity index is 850. The quantitative estimate of drug-likeness (QED) is 0.808. The van der Waals surface area contributed by atoms with Gasteiger partial charge in [-0.05, 0) is 36.6 Å². The highest BCUT2D eigenvalue weighted by Crippen LogP contribution is 2.26. The van der Waals surface area contributed by atoms with Crippen LogP contribution >= 0.6 is 0 Å². The molecule has 0 amide bonds. The van der Waals surface area contributed by atoms with E-state index in [1.54, 1.807) is 13.0 Å². The van der Waals surface area contributed by atoms with Crippen LogP contribution in [0.15, 0.2) is 30.3 Å². The lowest BCUT2D eigenvalue weighted by Gasteiger charge is -2.14. The van der Waals surface area contributed by atoms with Crippen molar-refractivity contribution in [3.63, 3.8) is 0 Å². The second-order valence-corrected chi connectivity index (χ2v) is 5.50. The van der Waals surface area contributed by atoms with E-state index >= 15 is 0 Å². The number of ether oxygens (including phenoxy) is 2. The van der Waals surface area contributed by atoms with Gasteiger partial charge in [-0.3, -0.25) is 4.98 Å². The number of nitrogens with zero attached hydrogens (tertiary/aromatic N) is 2. The van der Waals surface area contributed by atoms with Crippen molar-refractivity contribution in [2.45, 2.75) is 19.8 Å². The van der Waals surface area contributed by atoms with Crippen LogP contribution in [-0.4, -0.2) is 30.8 Å². The highest BCUT2D eigenvalue weighted by atomic mass is 16.5. The number of carbonyl (C=O) groups excluding carboxylic acids is 1. The predicted molar refractivity (Wildman–Crippen MR) is 90.4 cm³/mol. The number of nitriles is 1. The first-order valence-electron chi connectivity index (χ1n) is 7.98. The molecular formula is C19H18N2O3. The Labute approximate surface area is 140 Å². The predicted octanol–water partition coefficient (Wildman–Crippen LogP) is 3.28. The molecule has 5 heteroatoms. The molecule has 0 atom stereocenters. The molecule has 2 aromatic rings. The second kappa shape index (κ2) is 7.24. The first-order valence-corrected chi connectivity index (χ1v) is 7.98. The van der Waals surface area contributed by atoms with Crippen LogP contribution in [0.25, 0.3) is 16.5 Å². The highest BCUT2D eigenvalue weighted by molar-refractivity contribution is 5.96. The molecule has 1 aliphatic heterocycles. The van der Waals surface area contributed by atoms with Crippen LogP contribution in [0, 0.1) is 11.3 Å². The van der Waals surface area contributed by atoms with E-state index in [0.717, 1.165) is 29.5 Å². The summed E-state index contributed by atoms with van der Waals surface area (Å²) in [6, 6.07) is 9.81. The molecule has 0 fully saturated rings. The molecule has 5 nitrogen and oxygen atoms in total. The average molecular weight is 322 g/mol. The van der Waals surface area contributed by atoms with Gasteiger partial charge in [0, 0.05) is 5.39 Å². The van der Waals surface area contributed by atoms with Crippen molar-refractivity contribution in [1.29, 1.82) is 5.26 Å². The summed E-state index contributed by atoms with van der Waals surface area (Å²) in [5.41, 5.74) is 3.94. The SMILES string of the molecule is CCOC(=O)c1cc2ccc(C3=CCOCC3)cc2nc1CC#N.